The van der Waals surface area contributed by atoms with Crippen molar-refractivity contribution >= 4 is 54.9 Å². The van der Waals surface area contributed by atoms with Crippen LogP contribution in [0.25, 0.3) is 83.1 Å². The van der Waals surface area contributed by atoms with Crippen LogP contribution in [0, 0.1) is 5.82 Å². The molecule has 0 amide bonds. The summed E-state index contributed by atoms with van der Waals surface area (Å²) in [7, 11) is 0. The van der Waals surface area contributed by atoms with Crippen molar-refractivity contribution in [3.05, 3.63) is 132 Å². The average Bonchev–Trinajstić information content (AvgIpc) is 3.79. The molecule has 0 saturated heterocycles. The molecule has 0 aliphatic heterocycles. The molecule has 0 aliphatic carbocycles. The van der Waals surface area contributed by atoms with Gasteiger partial charge in [0.05, 0.1) is 27.7 Å². The molecule has 0 radical (unpaired) electrons. The van der Waals surface area contributed by atoms with E-state index in [-0.39, 0.29) is 17.4 Å². The molecule has 234 valence electrons. The number of para-hydroxylation sites is 4. The lowest BCUT2D eigenvalue weighted by Gasteiger charge is -2.24. The quantitative estimate of drug-likeness (QED) is 0.190. The van der Waals surface area contributed by atoms with Gasteiger partial charge in [-0.1, -0.05) is 100 Å². The van der Waals surface area contributed by atoms with Crippen molar-refractivity contribution in [3.8, 4) is 28.2 Å². The maximum Gasteiger partial charge on any atom is 0.178 e. The van der Waals surface area contributed by atoms with E-state index in [1.54, 1.807) is 0 Å². The molecule has 0 saturated carbocycles. The Morgan fingerprint density at radius 1 is 0.604 bits per heavy atom. The van der Waals surface area contributed by atoms with Crippen LogP contribution in [0.5, 0.6) is 0 Å². The van der Waals surface area contributed by atoms with Gasteiger partial charge < -0.3 is 8.83 Å². The molecule has 3 heterocycles. The fourth-order valence-corrected chi connectivity index (χ4v) is 7.31. The predicted octanol–water partition coefficient (Wildman–Crippen LogP) is 12.5. The molecule has 0 fully saturated rings. The number of benzene rings is 6. The summed E-state index contributed by atoms with van der Waals surface area (Å²) in [5, 5.41) is 2.66. The number of aromatic nitrogens is 2. The molecule has 0 atom stereocenters. The van der Waals surface area contributed by atoms with Crippen molar-refractivity contribution in [1.29, 1.82) is 0 Å². The lowest BCUT2D eigenvalue weighted by molar-refractivity contribution is 0.591. The number of imidazole rings is 1. The van der Waals surface area contributed by atoms with Crippen LogP contribution >= 0.6 is 0 Å². The normalized spacial score (nSPS) is 12.2. The molecule has 0 N–H and O–H groups in total. The fraction of sp³-hybridized carbons (Fsp3) is 0.140. The first-order valence-corrected chi connectivity index (χ1v) is 16.6. The van der Waals surface area contributed by atoms with Gasteiger partial charge in [-0.15, -0.1) is 0 Å². The lowest BCUT2D eigenvalue weighted by atomic mass is 9.88. The highest BCUT2D eigenvalue weighted by Gasteiger charge is 2.26. The minimum atomic E-state index is -0.413. The summed E-state index contributed by atoms with van der Waals surface area (Å²) >= 11 is 0. The van der Waals surface area contributed by atoms with E-state index in [1.807, 2.05) is 54.6 Å². The van der Waals surface area contributed by atoms with Gasteiger partial charge in [0.15, 0.2) is 11.4 Å². The predicted molar refractivity (Wildman–Crippen MR) is 195 cm³/mol. The van der Waals surface area contributed by atoms with Crippen molar-refractivity contribution < 1.29 is 13.2 Å². The monoisotopic (exact) mass is 628 g/mol. The van der Waals surface area contributed by atoms with E-state index in [4.69, 9.17) is 13.8 Å². The van der Waals surface area contributed by atoms with E-state index in [0.717, 1.165) is 38.9 Å². The number of hydrogen-bond donors (Lipinski definition) is 0. The van der Waals surface area contributed by atoms with Crippen molar-refractivity contribution in [2.75, 3.05) is 0 Å². The fourth-order valence-electron chi connectivity index (χ4n) is 7.31. The summed E-state index contributed by atoms with van der Waals surface area (Å²) in [6, 6.07) is 38.9. The summed E-state index contributed by atoms with van der Waals surface area (Å²) in [5.74, 6) is 0.809. The Hall–Kier alpha value is -5.68. The first-order chi connectivity index (χ1) is 23.4. The maximum absolute atomic E-state index is 16.4. The summed E-state index contributed by atoms with van der Waals surface area (Å²) in [5.41, 5.74) is 10.7. The molecule has 48 heavy (non-hydrogen) atoms. The Balaban J connectivity index is 1.36. The van der Waals surface area contributed by atoms with Crippen LogP contribution < -0.4 is 0 Å². The molecule has 5 heteroatoms. The van der Waals surface area contributed by atoms with Gasteiger partial charge in [-0.25, -0.2) is 9.37 Å². The van der Waals surface area contributed by atoms with E-state index < -0.39 is 5.82 Å². The second kappa shape index (κ2) is 10.7. The van der Waals surface area contributed by atoms with Gasteiger partial charge in [-0.3, -0.25) is 4.57 Å². The van der Waals surface area contributed by atoms with E-state index in [9.17, 15) is 0 Å². The van der Waals surface area contributed by atoms with Crippen LogP contribution in [0.2, 0.25) is 0 Å². The minimum Gasteiger partial charge on any atom is -0.456 e. The van der Waals surface area contributed by atoms with Crippen LogP contribution in [-0.2, 0) is 0 Å². The molecular formula is C43H33FN2O2. The third-order valence-electron chi connectivity index (χ3n) is 9.62. The van der Waals surface area contributed by atoms with Crippen LogP contribution in [0.15, 0.2) is 124 Å². The average molecular weight is 629 g/mol. The van der Waals surface area contributed by atoms with Gasteiger partial charge in [0, 0.05) is 16.2 Å². The van der Waals surface area contributed by atoms with Gasteiger partial charge in [-0.05, 0) is 76.6 Å². The summed E-state index contributed by atoms with van der Waals surface area (Å²) < 4.78 is 31.3. The minimum absolute atomic E-state index is 0.220. The molecule has 9 rings (SSSR count). The highest BCUT2D eigenvalue weighted by atomic mass is 19.1. The van der Waals surface area contributed by atoms with Crippen molar-refractivity contribution in [1.82, 2.24) is 9.55 Å². The van der Waals surface area contributed by atoms with Crippen molar-refractivity contribution in [3.63, 3.8) is 0 Å². The van der Waals surface area contributed by atoms with Gasteiger partial charge in [-0.2, -0.15) is 0 Å². The van der Waals surface area contributed by atoms with E-state index >= 15 is 4.39 Å². The van der Waals surface area contributed by atoms with Gasteiger partial charge >= 0.3 is 0 Å². The summed E-state index contributed by atoms with van der Waals surface area (Å²) in [6.45, 7) is 8.99. The number of halogens is 1. The summed E-state index contributed by atoms with van der Waals surface area (Å²) in [4.78, 5) is 5.26. The van der Waals surface area contributed by atoms with Crippen molar-refractivity contribution in [2.24, 2.45) is 0 Å². The van der Waals surface area contributed by atoms with E-state index in [2.05, 4.69) is 92.9 Å². The lowest BCUT2D eigenvalue weighted by Crippen LogP contribution is -2.09. The second-order valence-corrected chi connectivity index (χ2v) is 13.3. The van der Waals surface area contributed by atoms with Gasteiger partial charge in [0.2, 0.25) is 0 Å². The van der Waals surface area contributed by atoms with Gasteiger partial charge in [0.25, 0.3) is 0 Å². The Morgan fingerprint density at radius 3 is 2.06 bits per heavy atom. The highest BCUT2D eigenvalue weighted by Crippen LogP contribution is 2.44. The molecule has 0 unspecified atom stereocenters. The zero-order chi connectivity index (χ0) is 32.7. The standard InChI is InChI=1S/C43H33FN2O2/c1-24(2)31-21-27(26-13-6-5-7-14-26)22-32(25(3)4)40(31)46-35-19-10-9-18-34(35)45-43(46)30-17-12-16-28-33-23-37-38(39(44)42(33)48-41(28)30)29-15-8-11-20-36(29)47-37/h5-25H,1-4H3. The number of nitrogens with zero attached hydrogens (tertiary/aromatic N) is 2. The zero-order valence-electron chi connectivity index (χ0n) is 27.2. The smallest absolute Gasteiger partial charge is 0.178 e. The number of hydrogen-bond acceptors (Lipinski definition) is 3. The Kier molecular flexibility index (Phi) is 6.35. The molecule has 3 aromatic heterocycles. The van der Waals surface area contributed by atoms with Crippen LogP contribution in [-0.4, -0.2) is 9.55 Å². The van der Waals surface area contributed by atoms with Crippen molar-refractivity contribution in [2.45, 2.75) is 39.5 Å². The zero-order valence-corrected chi connectivity index (χ0v) is 27.2. The first kappa shape index (κ1) is 28.5. The van der Waals surface area contributed by atoms with E-state index in [1.165, 1.54) is 22.3 Å². The molecule has 0 aliphatic rings. The molecule has 6 aromatic carbocycles. The molecule has 9 aromatic rings. The third kappa shape index (κ3) is 4.17. The highest BCUT2D eigenvalue weighted by molar-refractivity contribution is 6.17. The second-order valence-electron chi connectivity index (χ2n) is 13.3. The number of rotatable bonds is 5. The third-order valence-corrected chi connectivity index (χ3v) is 9.62. The Bertz CT molecular complexity index is 2660. The Morgan fingerprint density at radius 2 is 1.29 bits per heavy atom. The Labute approximate surface area is 277 Å². The first-order valence-electron chi connectivity index (χ1n) is 16.6. The summed E-state index contributed by atoms with van der Waals surface area (Å²) in [6.07, 6.45) is 0. The molecule has 4 nitrogen and oxygen atoms in total. The van der Waals surface area contributed by atoms with Crippen LogP contribution in [0.3, 0.4) is 0 Å². The topological polar surface area (TPSA) is 44.1 Å². The largest absolute Gasteiger partial charge is 0.456 e. The van der Waals surface area contributed by atoms with E-state index in [0.29, 0.717) is 27.5 Å². The SMILES string of the molecule is CC(C)c1cc(-c2ccccc2)cc(C(C)C)c1-n1c(-c2cccc3c2oc2c(F)c4c(cc23)oc2ccccc24)nc2ccccc21. The molecule has 0 spiro atoms. The molecular weight excluding hydrogens is 595 g/mol. The molecule has 0 bridgehead atoms. The van der Waals surface area contributed by atoms with Crippen LogP contribution in [0.1, 0.15) is 50.7 Å². The number of furan rings is 2. The number of fused-ring (bicyclic) bond motifs is 7. The van der Waals surface area contributed by atoms with Crippen LogP contribution in [0.4, 0.5) is 4.39 Å². The van der Waals surface area contributed by atoms with Gasteiger partial charge in [0.1, 0.15) is 22.6 Å². The maximum atomic E-state index is 16.4.